The lowest BCUT2D eigenvalue weighted by molar-refractivity contribution is 0.238. The molecule has 86 valence electrons. The Morgan fingerprint density at radius 3 is 2.88 bits per heavy atom. The molecular formula is C14H19NO. The topological polar surface area (TPSA) is 21.3 Å². The second-order valence-electron chi connectivity index (χ2n) is 4.95. The standard InChI is InChI=1S/C14H19NO/c1-2-12-4-5-14(8-13(12)3-1)16-7-6-11-9-15-10-11/h4-5,8,11,15H,1-3,6-7,9-10H2. The van der Waals surface area contributed by atoms with Crippen LogP contribution >= 0.6 is 0 Å². The van der Waals surface area contributed by atoms with E-state index in [0.29, 0.717) is 0 Å². The van der Waals surface area contributed by atoms with Crippen LogP contribution in [0.5, 0.6) is 5.75 Å². The van der Waals surface area contributed by atoms with Crippen LogP contribution in [-0.2, 0) is 12.8 Å². The molecule has 3 rings (SSSR count). The van der Waals surface area contributed by atoms with Gasteiger partial charge >= 0.3 is 0 Å². The SMILES string of the molecule is c1cc2c(cc1OCCC1CNC1)CCC2. The third-order valence-electron chi connectivity index (χ3n) is 3.73. The van der Waals surface area contributed by atoms with Gasteiger partial charge in [-0.2, -0.15) is 0 Å². The Labute approximate surface area is 97.0 Å². The minimum Gasteiger partial charge on any atom is -0.494 e. The molecule has 1 saturated heterocycles. The van der Waals surface area contributed by atoms with E-state index in [0.717, 1.165) is 18.3 Å². The van der Waals surface area contributed by atoms with Crippen molar-refractivity contribution in [1.29, 1.82) is 0 Å². The summed E-state index contributed by atoms with van der Waals surface area (Å²) < 4.78 is 5.81. The first-order valence-corrected chi connectivity index (χ1v) is 6.37. The molecule has 16 heavy (non-hydrogen) atoms. The normalized spacial score (nSPS) is 19.2. The number of hydrogen-bond acceptors (Lipinski definition) is 2. The largest absolute Gasteiger partial charge is 0.494 e. The third-order valence-corrected chi connectivity index (χ3v) is 3.73. The quantitative estimate of drug-likeness (QED) is 0.834. The monoisotopic (exact) mass is 217 g/mol. The van der Waals surface area contributed by atoms with Crippen LogP contribution < -0.4 is 10.1 Å². The van der Waals surface area contributed by atoms with Crippen molar-refractivity contribution < 1.29 is 4.74 Å². The van der Waals surface area contributed by atoms with Crippen molar-refractivity contribution in [3.05, 3.63) is 29.3 Å². The first kappa shape index (κ1) is 10.2. The molecule has 0 bridgehead atoms. The molecule has 0 saturated carbocycles. The first-order chi connectivity index (χ1) is 7.92. The molecule has 0 aromatic heterocycles. The van der Waals surface area contributed by atoms with Crippen LogP contribution in [0.1, 0.15) is 24.0 Å². The second-order valence-corrected chi connectivity index (χ2v) is 4.95. The van der Waals surface area contributed by atoms with Gasteiger partial charge in [-0.05, 0) is 68.0 Å². The number of fused-ring (bicyclic) bond motifs is 1. The van der Waals surface area contributed by atoms with Crippen molar-refractivity contribution in [2.45, 2.75) is 25.7 Å². The molecular weight excluding hydrogens is 198 g/mol. The van der Waals surface area contributed by atoms with E-state index < -0.39 is 0 Å². The van der Waals surface area contributed by atoms with E-state index in [1.165, 1.54) is 49.9 Å². The zero-order valence-electron chi connectivity index (χ0n) is 9.67. The summed E-state index contributed by atoms with van der Waals surface area (Å²) in [6, 6.07) is 6.60. The molecule has 1 aliphatic carbocycles. The molecule has 2 nitrogen and oxygen atoms in total. The highest BCUT2D eigenvalue weighted by atomic mass is 16.5. The van der Waals surface area contributed by atoms with E-state index in [1.807, 2.05) is 0 Å². The molecule has 0 amide bonds. The van der Waals surface area contributed by atoms with Crippen molar-refractivity contribution in [1.82, 2.24) is 5.32 Å². The van der Waals surface area contributed by atoms with Crippen molar-refractivity contribution in [2.24, 2.45) is 5.92 Å². The van der Waals surface area contributed by atoms with Gasteiger partial charge in [0, 0.05) is 0 Å². The highest BCUT2D eigenvalue weighted by Crippen LogP contribution is 2.26. The molecule has 2 aliphatic rings. The van der Waals surface area contributed by atoms with Gasteiger partial charge in [0.1, 0.15) is 5.75 Å². The average Bonchev–Trinajstić information content (AvgIpc) is 2.68. The fourth-order valence-corrected chi connectivity index (χ4v) is 2.53. The van der Waals surface area contributed by atoms with E-state index in [-0.39, 0.29) is 0 Å². The van der Waals surface area contributed by atoms with Gasteiger partial charge < -0.3 is 10.1 Å². The number of ether oxygens (including phenoxy) is 1. The summed E-state index contributed by atoms with van der Waals surface area (Å²) in [7, 11) is 0. The molecule has 2 heteroatoms. The van der Waals surface area contributed by atoms with E-state index >= 15 is 0 Å². The maximum absolute atomic E-state index is 5.81. The van der Waals surface area contributed by atoms with E-state index in [9.17, 15) is 0 Å². The van der Waals surface area contributed by atoms with Gasteiger partial charge in [-0.3, -0.25) is 0 Å². The first-order valence-electron chi connectivity index (χ1n) is 6.37. The van der Waals surface area contributed by atoms with Crippen molar-refractivity contribution in [2.75, 3.05) is 19.7 Å². The van der Waals surface area contributed by atoms with Crippen molar-refractivity contribution in [3.8, 4) is 5.75 Å². The summed E-state index contributed by atoms with van der Waals surface area (Å²) >= 11 is 0. The Morgan fingerprint density at radius 2 is 2.06 bits per heavy atom. The number of hydrogen-bond donors (Lipinski definition) is 1. The van der Waals surface area contributed by atoms with E-state index in [4.69, 9.17) is 4.74 Å². The molecule has 1 heterocycles. The summed E-state index contributed by atoms with van der Waals surface area (Å²) in [5, 5.41) is 3.29. The van der Waals surface area contributed by atoms with Crippen molar-refractivity contribution in [3.63, 3.8) is 0 Å². The molecule has 1 aromatic rings. The predicted molar refractivity (Wildman–Crippen MR) is 64.9 cm³/mol. The number of benzene rings is 1. The summed E-state index contributed by atoms with van der Waals surface area (Å²) in [6.07, 6.45) is 4.99. The molecule has 1 fully saturated rings. The molecule has 1 N–H and O–H groups in total. The number of nitrogens with one attached hydrogen (secondary N) is 1. The van der Waals surface area contributed by atoms with Gasteiger partial charge in [0.25, 0.3) is 0 Å². The minimum absolute atomic E-state index is 0.842. The van der Waals surface area contributed by atoms with E-state index in [1.54, 1.807) is 0 Å². The zero-order chi connectivity index (χ0) is 10.8. The van der Waals surface area contributed by atoms with E-state index in [2.05, 4.69) is 23.5 Å². The summed E-state index contributed by atoms with van der Waals surface area (Å²) in [4.78, 5) is 0. The second kappa shape index (κ2) is 4.46. The van der Waals surface area contributed by atoms with Gasteiger partial charge in [0.05, 0.1) is 6.61 Å². The van der Waals surface area contributed by atoms with Crippen molar-refractivity contribution >= 4 is 0 Å². The van der Waals surface area contributed by atoms with Gasteiger partial charge in [0.2, 0.25) is 0 Å². The minimum atomic E-state index is 0.842. The third kappa shape index (κ3) is 2.07. The van der Waals surface area contributed by atoms with Gasteiger partial charge in [-0.15, -0.1) is 0 Å². The Morgan fingerprint density at radius 1 is 1.19 bits per heavy atom. The van der Waals surface area contributed by atoms with Crippen LogP contribution in [0.4, 0.5) is 0 Å². The Balaban J connectivity index is 1.53. The van der Waals surface area contributed by atoms with Crippen LogP contribution in [0, 0.1) is 5.92 Å². The van der Waals surface area contributed by atoms with Crippen LogP contribution in [-0.4, -0.2) is 19.7 Å². The molecule has 0 unspecified atom stereocenters. The van der Waals surface area contributed by atoms with Gasteiger partial charge in [0.15, 0.2) is 0 Å². The Hall–Kier alpha value is -1.02. The van der Waals surface area contributed by atoms with Gasteiger partial charge in [-0.1, -0.05) is 6.07 Å². The maximum atomic E-state index is 5.81. The molecule has 1 aromatic carbocycles. The fraction of sp³-hybridized carbons (Fsp3) is 0.571. The molecule has 0 spiro atoms. The summed E-state index contributed by atoms with van der Waals surface area (Å²) in [6.45, 7) is 3.21. The maximum Gasteiger partial charge on any atom is 0.119 e. The zero-order valence-corrected chi connectivity index (χ0v) is 9.67. The predicted octanol–water partition coefficient (Wildman–Crippen LogP) is 2.16. The summed E-state index contributed by atoms with van der Waals surface area (Å²) in [5.74, 6) is 1.90. The van der Waals surface area contributed by atoms with Crippen LogP contribution in [0.25, 0.3) is 0 Å². The fourth-order valence-electron chi connectivity index (χ4n) is 2.53. The lowest BCUT2D eigenvalue weighted by Gasteiger charge is -2.26. The highest BCUT2D eigenvalue weighted by molar-refractivity contribution is 5.38. The molecule has 0 atom stereocenters. The van der Waals surface area contributed by atoms with Crippen LogP contribution in [0.2, 0.25) is 0 Å². The Kier molecular flexibility index (Phi) is 2.83. The number of aryl methyl sites for hydroxylation is 2. The molecule has 1 aliphatic heterocycles. The Bertz CT molecular complexity index is 371. The summed E-state index contributed by atoms with van der Waals surface area (Å²) in [5.41, 5.74) is 3.03. The lowest BCUT2D eigenvalue weighted by Crippen LogP contribution is -2.42. The number of rotatable bonds is 4. The highest BCUT2D eigenvalue weighted by Gasteiger charge is 2.16. The average molecular weight is 217 g/mol. The smallest absolute Gasteiger partial charge is 0.119 e. The molecule has 0 radical (unpaired) electrons. The van der Waals surface area contributed by atoms with Crippen LogP contribution in [0.15, 0.2) is 18.2 Å². The van der Waals surface area contributed by atoms with Gasteiger partial charge in [-0.25, -0.2) is 0 Å². The lowest BCUT2D eigenvalue weighted by atomic mass is 10.0. The van der Waals surface area contributed by atoms with Crippen LogP contribution in [0.3, 0.4) is 0 Å².